The van der Waals surface area contributed by atoms with Crippen LogP contribution in [0.15, 0.2) is 48.5 Å². The van der Waals surface area contributed by atoms with E-state index in [0.717, 1.165) is 24.8 Å². The smallest absolute Gasteiger partial charge is 0.252 e. The molecule has 0 bridgehead atoms. The second-order valence-corrected chi connectivity index (χ2v) is 8.62. The minimum atomic E-state index is -0.497. The van der Waals surface area contributed by atoms with Crippen LogP contribution in [0.1, 0.15) is 56.0 Å². The summed E-state index contributed by atoms with van der Waals surface area (Å²) >= 11 is 5.99. The molecule has 0 aromatic heterocycles. The van der Waals surface area contributed by atoms with E-state index in [2.05, 4.69) is 10.6 Å². The van der Waals surface area contributed by atoms with Gasteiger partial charge in [-0.1, -0.05) is 50.6 Å². The van der Waals surface area contributed by atoms with E-state index < -0.39 is 5.41 Å². The Kier molecular flexibility index (Phi) is 5.29. The molecule has 0 aliphatic heterocycles. The van der Waals surface area contributed by atoms with Gasteiger partial charge in [-0.15, -0.1) is 0 Å². The van der Waals surface area contributed by atoms with Gasteiger partial charge in [0, 0.05) is 21.7 Å². The number of halogens is 1. The van der Waals surface area contributed by atoms with E-state index in [0.29, 0.717) is 16.3 Å². The zero-order valence-electron chi connectivity index (χ0n) is 15.9. The Hall–Kier alpha value is -2.33. The number of benzene rings is 2. The van der Waals surface area contributed by atoms with Crippen molar-refractivity contribution >= 4 is 29.1 Å². The molecule has 2 aromatic rings. The summed E-state index contributed by atoms with van der Waals surface area (Å²) in [5.74, 6) is -0.229. The predicted octanol–water partition coefficient (Wildman–Crippen LogP) is 5.13. The zero-order valence-corrected chi connectivity index (χ0v) is 16.7. The molecule has 2 N–H and O–H groups in total. The second-order valence-electron chi connectivity index (χ2n) is 8.18. The summed E-state index contributed by atoms with van der Waals surface area (Å²) in [6.07, 6.45) is 2.88. The SMILES string of the molecule is CC(C)(C)C(=O)Nc1cccc(C(=O)NC2(c3ccc(Cl)cc3)CCC2)c1. The van der Waals surface area contributed by atoms with Crippen molar-refractivity contribution in [3.63, 3.8) is 0 Å². The van der Waals surface area contributed by atoms with E-state index in [9.17, 15) is 9.59 Å². The van der Waals surface area contributed by atoms with Gasteiger partial charge in [0.25, 0.3) is 5.91 Å². The third-order valence-electron chi connectivity index (χ3n) is 5.02. The molecule has 0 saturated heterocycles. The van der Waals surface area contributed by atoms with Crippen molar-refractivity contribution in [2.45, 2.75) is 45.6 Å². The molecular formula is C22H25ClN2O2. The van der Waals surface area contributed by atoms with Gasteiger partial charge in [0.05, 0.1) is 5.54 Å². The van der Waals surface area contributed by atoms with Crippen LogP contribution in [-0.2, 0) is 10.3 Å². The molecule has 5 heteroatoms. The fraction of sp³-hybridized carbons (Fsp3) is 0.364. The Labute approximate surface area is 165 Å². The average Bonchev–Trinajstić information content (AvgIpc) is 2.58. The maximum atomic E-state index is 12.9. The van der Waals surface area contributed by atoms with Gasteiger partial charge in [-0.05, 0) is 55.2 Å². The number of hydrogen-bond acceptors (Lipinski definition) is 2. The number of hydrogen-bond donors (Lipinski definition) is 2. The Balaban J connectivity index is 1.77. The summed E-state index contributed by atoms with van der Waals surface area (Å²) in [4.78, 5) is 25.1. The van der Waals surface area contributed by atoms with Crippen LogP contribution in [0.25, 0.3) is 0 Å². The van der Waals surface area contributed by atoms with Crippen molar-refractivity contribution in [1.29, 1.82) is 0 Å². The quantitative estimate of drug-likeness (QED) is 0.767. The van der Waals surface area contributed by atoms with Crippen LogP contribution in [0.5, 0.6) is 0 Å². The lowest BCUT2D eigenvalue weighted by Crippen LogP contribution is -2.50. The summed E-state index contributed by atoms with van der Waals surface area (Å²) in [6, 6.07) is 14.7. The zero-order chi connectivity index (χ0) is 19.7. The molecule has 2 amide bonds. The predicted molar refractivity (Wildman–Crippen MR) is 109 cm³/mol. The minimum absolute atomic E-state index is 0.0864. The van der Waals surface area contributed by atoms with Gasteiger partial charge in [0.15, 0.2) is 0 Å². The van der Waals surface area contributed by atoms with Crippen molar-refractivity contribution in [2.24, 2.45) is 5.41 Å². The summed E-state index contributed by atoms with van der Waals surface area (Å²) in [6.45, 7) is 5.56. The van der Waals surface area contributed by atoms with E-state index in [1.165, 1.54) is 0 Å². The summed E-state index contributed by atoms with van der Waals surface area (Å²) < 4.78 is 0. The molecule has 142 valence electrons. The van der Waals surface area contributed by atoms with Crippen molar-refractivity contribution in [1.82, 2.24) is 5.32 Å². The van der Waals surface area contributed by atoms with Crippen LogP contribution in [0.4, 0.5) is 5.69 Å². The lowest BCUT2D eigenvalue weighted by Gasteiger charge is -2.43. The number of anilines is 1. The highest BCUT2D eigenvalue weighted by molar-refractivity contribution is 6.30. The van der Waals surface area contributed by atoms with Gasteiger partial charge in [-0.3, -0.25) is 9.59 Å². The van der Waals surface area contributed by atoms with E-state index in [1.807, 2.05) is 45.0 Å². The summed E-state index contributed by atoms with van der Waals surface area (Å²) in [5.41, 5.74) is 1.39. The number of nitrogens with one attached hydrogen (secondary N) is 2. The first kappa shape index (κ1) is 19.4. The number of rotatable bonds is 4. The molecule has 4 nitrogen and oxygen atoms in total. The van der Waals surface area contributed by atoms with E-state index in [1.54, 1.807) is 24.3 Å². The van der Waals surface area contributed by atoms with Gasteiger partial charge in [-0.25, -0.2) is 0 Å². The summed E-state index contributed by atoms with van der Waals surface area (Å²) in [5, 5.41) is 6.75. The molecule has 0 atom stereocenters. The van der Waals surface area contributed by atoms with E-state index in [4.69, 9.17) is 11.6 Å². The molecule has 3 rings (SSSR count). The highest BCUT2D eigenvalue weighted by atomic mass is 35.5. The second kappa shape index (κ2) is 7.35. The maximum absolute atomic E-state index is 12.9. The Morgan fingerprint density at radius 3 is 2.26 bits per heavy atom. The van der Waals surface area contributed by atoms with Gasteiger partial charge in [-0.2, -0.15) is 0 Å². The molecule has 0 radical (unpaired) electrons. The lowest BCUT2D eigenvalue weighted by molar-refractivity contribution is -0.123. The van der Waals surface area contributed by atoms with Crippen LogP contribution in [0.3, 0.4) is 0 Å². The van der Waals surface area contributed by atoms with Gasteiger partial charge < -0.3 is 10.6 Å². The molecule has 0 heterocycles. The Bertz CT molecular complexity index is 849. The highest BCUT2D eigenvalue weighted by Gasteiger charge is 2.40. The largest absolute Gasteiger partial charge is 0.343 e. The minimum Gasteiger partial charge on any atom is -0.343 e. The summed E-state index contributed by atoms with van der Waals surface area (Å²) in [7, 11) is 0. The van der Waals surface area contributed by atoms with Gasteiger partial charge >= 0.3 is 0 Å². The van der Waals surface area contributed by atoms with Crippen molar-refractivity contribution in [3.8, 4) is 0 Å². The topological polar surface area (TPSA) is 58.2 Å². The van der Waals surface area contributed by atoms with Crippen LogP contribution in [0, 0.1) is 5.41 Å². The van der Waals surface area contributed by atoms with Crippen molar-refractivity contribution in [3.05, 3.63) is 64.7 Å². The van der Waals surface area contributed by atoms with Crippen LogP contribution in [-0.4, -0.2) is 11.8 Å². The van der Waals surface area contributed by atoms with Crippen LogP contribution < -0.4 is 10.6 Å². The molecule has 2 aromatic carbocycles. The van der Waals surface area contributed by atoms with E-state index >= 15 is 0 Å². The average molecular weight is 385 g/mol. The number of carbonyl (C=O) groups is 2. The van der Waals surface area contributed by atoms with E-state index in [-0.39, 0.29) is 17.4 Å². The molecule has 1 fully saturated rings. The third-order valence-corrected chi connectivity index (χ3v) is 5.27. The molecule has 1 aliphatic carbocycles. The molecule has 1 aliphatic rings. The van der Waals surface area contributed by atoms with Crippen LogP contribution in [0.2, 0.25) is 5.02 Å². The van der Waals surface area contributed by atoms with Crippen molar-refractivity contribution < 1.29 is 9.59 Å². The molecule has 1 saturated carbocycles. The first-order valence-electron chi connectivity index (χ1n) is 9.20. The van der Waals surface area contributed by atoms with Gasteiger partial charge in [0.1, 0.15) is 0 Å². The third kappa shape index (κ3) is 4.33. The normalized spacial score (nSPS) is 15.6. The standard InChI is InChI=1S/C22H25ClN2O2/c1-21(2,3)20(27)24-18-7-4-6-15(14-18)19(26)25-22(12-5-13-22)16-8-10-17(23)11-9-16/h4,6-11,14H,5,12-13H2,1-3H3,(H,24,27)(H,25,26). The first-order valence-corrected chi connectivity index (χ1v) is 9.58. The van der Waals surface area contributed by atoms with Gasteiger partial charge in [0.2, 0.25) is 5.91 Å². The number of amides is 2. The Morgan fingerprint density at radius 2 is 1.70 bits per heavy atom. The van der Waals surface area contributed by atoms with Crippen molar-refractivity contribution in [2.75, 3.05) is 5.32 Å². The molecular weight excluding hydrogens is 360 g/mol. The maximum Gasteiger partial charge on any atom is 0.252 e. The number of carbonyl (C=O) groups excluding carboxylic acids is 2. The Morgan fingerprint density at radius 1 is 1.04 bits per heavy atom. The lowest BCUT2D eigenvalue weighted by atomic mass is 9.71. The fourth-order valence-corrected chi connectivity index (χ4v) is 3.26. The molecule has 0 unspecified atom stereocenters. The molecule has 27 heavy (non-hydrogen) atoms. The molecule has 0 spiro atoms. The highest BCUT2D eigenvalue weighted by Crippen LogP contribution is 2.41. The van der Waals surface area contributed by atoms with Crippen LogP contribution >= 0.6 is 11.6 Å². The first-order chi connectivity index (χ1) is 12.7. The fourth-order valence-electron chi connectivity index (χ4n) is 3.13. The monoisotopic (exact) mass is 384 g/mol.